The number of nitrogens with zero attached hydrogens (tertiary/aromatic N) is 3. The van der Waals surface area contributed by atoms with Crippen LogP contribution in [0.1, 0.15) is 21.5 Å². The monoisotopic (exact) mass is 399 g/mol. The molecule has 0 bridgehead atoms. The Bertz CT molecular complexity index is 1130. The normalized spacial score (nSPS) is 10.6. The summed E-state index contributed by atoms with van der Waals surface area (Å²) in [5.41, 5.74) is 3.90. The van der Waals surface area contributed by atoms with Crippen LogP contribution < -0.4 is 4.74 Å². The van der Waals surface area contributed by atoms with E-state index in [9.17, 15) is 9.18 Å². The van der Waals surface area contributed by atoms with Crippen molar-refractivity contribution >= 4 is 5.78 Å². The van der Waals surface area contributed by atoms with E-state index in [1.165, 1.54) is 12.1 Å². The lowest BCUT2D eigenvalue weighted by atomic mass is 9.98. The summed E-state index contributed by atoms with van der Waals surface area (Å²) >= 11 is 0. The molecule has 0 unspecified atom stereocenters. The van der Waals surface area contributed by atoms with Gasteiger partial charge in [0, 0.05) is 25.0 Å². The molecule has 0 aliphatic rings. The molecular formula is C24H18FN3O2. The summed E-state index contributed by atoms with van der Waals surface area (Å²) in [6.07, 6.45) is 6.73. The van der Waals surface area contributed by atoms with Crippen LogP contribution in [0, 0.1) is 5.82 Å². The van der Waals surface area contributed by atoms with Crippen molar-refractivity contribution in [2.75, 3.05) is 0 Å². The number of hydrogen-bond acceptors (Lipinski definition) is 5. The Morgan fingerprint density at radius 2 is 1.63 bits per heavy atom. The van der Waals surface area contributed by atoms with E-state index in [0.29, 0.717) is 11.3 Å². The van der Waals surface area contributed by atoms with Crippen LogP contribution >= 0.6 is 0 Å². The van der Waals surface area contributed by atoms with Crippen molar-refractivity contribution in [3.63, 3.8) is 0 Å². The lowest BCUT2D eigenvalue weighted by Gasteiger charge is -2.13. The van der Waals surface area contributed by atoms with Gasteiger partial charge in [0.2, 0.25) is 0 Å². The van der Waals surface area contributed by atoms with Crippen molar-refractivity contribution in [1.82, 2.24) is 15.2 Å². The van der Waals surface area contributed by atoms with Crippen LogP contribution in [0.5, 0.6) is 5.75 Å². The molecule has 0 radical (unpaired) electrons. The van der Waals surface area contributed by atoms with E-state index < -0.39 is 0 Å². The third-order valence-corrected chi connectivity index (χ3v) is 4.61. The SMILES string of the molecule is O=C(Cc1ccnnc1)c1cc(-c2ccncc2)ccc1OCc1ccc(F)cc1. The largest absolute Gasteiger partial charge is 0.488 e. The van der Waals surface area contributed by atoms with Crippen LogP contribution in [-0.4, -0.2) is 21.0 Å². The van der Waals surface area contributed by atoms with E-state index in [0.717, 1.165) is 22.3 Å². The van der Waals surface area contributed by atoms with E-state index in [1.807, 2.05) is 24.3 Å². The first-order chi connectivity index (χ1) is 14.7. The Labute approximate surface area is 173 Å². The first-order valence-corrected chi connectivity index (χ1v) is 9.39. The van der Waals surface area contributed by atoms with Gasteiger partial charge in [-0.25, -0.2) is 4.39 Å². The fraction of sp³-hybridized carbons (Fsp3) is 0.0833. The van der Waals surface area contributed by atoms with Crippen molar-refractivity contribution in [3.05, 3.63) is 108 Å². The second-order valence-electron chi connectivity index (χ2n) is 6.71. The van der Waals surface area contributed by atoms with Gasteiger partial charge in [-0.2, -0.15) is 10.2 Å². The molecule has 6 heteroatoms. The number of ketones is 1. The minimum atomic E-state index is -0.303. The predicted octanol–water partition coefficient (Wildman–Crippen LogP) is 4.68. The Balaban J connectivity index is 1.63. The molecule has 0 saturated heterocycles. The molecule has 2 heterocycles. The van der Waals surface area contributed by atoms with Gasteiger partial charge in [-0.3, -0.25) is 9.78 Å². The molecule has 148 valence electrons. The van der Waals surface area contributed by atoms with E-state index in [2.05, 4.69) is 15.2 Å². The average molecular weight is 399 g/mol. The van der Waals surface area contributed by atoms with Gasteiger partial charge in [0.1, 0.15) is 18.2 Å². The molecule has 0 atom stereocenters. The van der Waals surface area contributed by atoms with Crippen molar-refractivity contribution in [2.24, 2.45) is 0 Å². The third kappa shape index (κ3) is 4.72. The third-order valence-electron chi connectivity index (χ3n) is 4.61. The van der Waals surface area contributed by atoms with Crippen molar-refractivity contribution in [2.45, 2.75) is 13.0 Å². The van der Waals surface area contributed by atoms with Gasteiger partial charge in [-0.1, -0.05) is 18.2 Å². The standard InChI is InChI=1S/C24H18FN3O2/c25-21-4-1-17(2-5-21)16-30-24-6-3-20(19-8-10-26-11-9-19)14-22(24)23(29)13-18-7-12-27-28-15-18/h1-12,14-15H,13,16H2. The molecule has 0 N–H and O–H groups in total. The quantitative estimate of drug-likeness (QED) is 0.422. The van der Waals surface area contributed by atoms with Crippen LogP contribution in [0.15, 0.2) is 85.5 Å². The number of aromatic nitrogens is 3. The second-order valence-corrected chi connectivity index (χ2v) is 6.71. The van der Waals surface area contributed by atoms with Gasteiger partial charge in [0.05, 0.1) is 11.8 Å². The lowest BCUT2D eigenvalue weighted by Crippen LogP contribution is -2.08. The number of ether oxygens (including phenoxy) is 1. The summed E-state index contributed by atoms with van der Waals surface area (Å²) in [4.78, 5) is 17.1. The molecule has 0 spiro atoms. The number of hydrogen-bond donors (Lipinski definition) is 0. The predicted molar refractivity (Wildman–Crippen MR) is 110 cm³/mol. The van der Waals surface area contributed by atoms with Crippen molar-refractivity contribution < 1.29 is 13.9 Å². The number of carbonyl (C=O) groups excluding carboxylic acids is 1. The van der Waals surface area contributed by atoms with Gasteiger partial charge >= 0.3 is 0 Å². The Hall–Kier alpha value is -3.93. The number of benzene rings is 2. The van der Waals surface area contributed by atoms with E-state index in [-0.39, 0.29) is 24.6 Å². The maximum Gasteiger partial charge on any atom is 0.171 e. The summed E-state index contributed by atoms with van der Waals surface area (Å²) in [6, 6.07) is 17.1. The van der Waals surface area contributed by atoms with Gasteiger partial charge in [0.15, 0.2) is 5.78 Å². The molecule has 0 aliphatic carbocycles. The molecule has 0 fully saturated rings. The minimum Gasteiger partial charge on any atom is -0.488 e. The molecule has 4 aromatic rings. The summed E-state index contributed by atoms with van der Waals surface area (Å²) in [7, 11) is 0. The molecule has 5 nitrogen and oxygen atoms in total. The molecule has 2 aromatic heterocycles. The zero-order valence-electron chi connectivity index (χ0n) is 16.0. The molecule has 0 amide bonds. The molecule has 0 saturated carbocycles. The first-order valence-electron chi connectivity index (χ1n) is 9.39. The highest BCUT2D eigenvalue weighted by Gasteiger charge is 2.16. The molecular weight excluding hydrogens is 381 g/mol. The second kappa shape index (κ2) is 9.05. The number of carbonyl (C=O) groups is 1. The Morgan fingerprint density at radius 3 is 2.37 bits per heavy atom. The number of halogens is 1. The number of Topliss-reactive ketones (excluding diaryl/α,β-unsaturated/α-hetero) is 1. The zero-order valence-corrected chi connectivity index (χ0v) is 16.0. The Kier molecular flexibility index (Phi) is 5.85. The first kappa shape index (κ1) is 19.4. The van der Waals surface area contributed by atoms with Crippen LogP contribution in [0.25, 0.3) is 11.1 Å². The van der Waals surface area contributed by atoms with Gasteiger partial charge in [-0.15, -0.1) is 0 Å². The molecule has 4 rings (SSSR count). The van der Waals surface area contributed by atoms with Crippen molar-refractivity contribution in [3.8, 4) is 16.9 Å². The highest BCUT2D eigenvalue weighted by atomic mass is 19.1. The number of pyridine rings is 1. The maximum atomic E-state index is 13.1. The van der Waals surface area contributed by atoms with Crippen LogP contribution in [0.2, 0.25) is 0 Å². The van der Waals surface area contributed by atoms with Gasteiger partial charge in [0.25, 0.3) is 0 Å². The highest BCUT2D eigenvalue weighted by Crippen LogP contribution is 2.28. The molecule has 0 aliphatic heterocycles. The number of rotatable bonds is 7. The van der Waals surface area contributed by atoms with E-state index >= 15 is 0 Å². The average Bonchev–Trinajstić information content (AvgIpc) is 2.80. The highest BCUT2D eigenvalue weighted by molar-refractivity contribution is 6.01. The van der Waals surface area contributed by atoms with Gasteiger partial charge < -0.3 is 4.74 Å². The van der Waals surface area contributed by atoms with Crippen LogP contribution in [0.4, 0.5) is 4.39 Å². The minimum absolute atomic E-state index is 0.0898. The summed E-state index contributed by atoms with van der Waals surface area (Å²) < 4.78 is 19.1. The van der Waals surface area contributed by atoms with Gasteiger partial charge in [-0.05, 0) is 64.7 Å². The summed E-state index contributed by atoms with van der Waals surface area (Å²) in [5.74, 6) is 0.0828. The topological polar surface area (TPSA) is 65.0 Å². The zero-order chi connectivity index (χ0) is 20.8. The fourth-order valence-corrected chi connectivity index (χ4v) is 3.04. The van der Waals surface area contributed by atoms with E-state index in [1.54, 1.807) is 49.1 Å². The van der Waals surface area contributed by atoms with Crippen LogP contribution in [-0.2, 0) is 13.0 Å². The molecule has 30 heavy (non-hydrogen) atoms. The van der Waals surface area contributed by atoms with E-state index in [4.69, 9.17) is 4.74 Å². The summed E-state index contributed by atoms with van der Waals surface area (Å²) in [6.45, 7) is 0.228. The van der Waals surface area contributed by atoms with Crippen molar-refractivity contribution in [1.29, 1.82) is 0 Å². The lowest BCUT2D eigenvalue weighted by molar-refractivity contribution is 0.0988. The summed E-state index contributed by atoms with van der Waals surface area (Å²) in [5, 5.41) is 7.58. The maximum absolute atomic E-state index is 13.1. The smallest absolute Gasteiger partial charge is 0.171 e. The molecule has 2 aromatic carbocycles. The van der Waals surface area contributed by atoms with Crippen LogP contribution in [0.3, 0.4) is 0 Å². The fourth-order valence-electron chi connectivity index (χ4n) is 3.04. The Morgan fingerprint density at radius 1 is 0.833 bits per heavy atom.